The van der Waals surface area contributed by atoms with Crippen molar-refractivity contribution in [3.8, 4) is 11.5 Å². The molecule has 1 unspecified atom stereocenters. The molecule has 1 atom stereocenters. The molecule has 0 heterocycles. The minimum absolute atomic E-state index is 0.384. The first-order valence-electron chi connectivity index (χ1n) is 6.98. The monoisotopic (exact) mass is 653 g/mol. The summed E-state index contributed by atoms with van der Waals surface area (Å²) >= 11 is -1.46. The van der Waals surface area contributed by atoms with Gasteiger partial charge in [0.05, 0.1) is 0 Å². The molecular weight excluding hydrogens is 644 g/mol. The fraction of sp³-hybridized carbons (Fsp3) is 0.200. The number of hydrogen-bond acceptors (Lipinski definition) is 4. The molecule has 2 rings (SSSR count). The molecule has 2 aromatic carbocycles. The summed E-state index contributed by atoms with van der Waals surface area (Å²) < 4.78 is 106. The molecule has 0 radical (unpaired) electrons. The smallest absolute Gasteiger partial charge is 0.479 e. The highest BCUT2D eigenvalue weighted by Gasteiger charge is 2.87. The van der Waals surface area contributed by atoms with E-state index in [-0.39, 0.29) is 5.75 Å². The van der Waals surface area contributed by atoms with Crippen molar-refractivity contribution in [3.05, 3.63) is 55.7 Å². The van der Waals surface area contributed by atoms with Crippen molar-refractivity contribution in [2.75, 3.05) is 0 Å². The van der Waals surface area contributed by atoms with Gasteiger partial charge >= 0.3 is 46.4 Å². The van der Waals surface area contributed by atoms with Crippen molar-refractivity contribution in [1.82, 2.24) is 0 Å². The lowest BCUT2D eigenvalue weighted by molar-refractivity contribution is -0.776. The Morgan fingerprint density at radius 2 is 1.39 bits per heavy atom. The minimum Gasteiger partial charge on any atom is -0.508 e. The van der Waals surface area contributed by atoms with E-state index in [9.17, 15) is 34.8 Å². The van der Waals surface area contributed by atoms with Gasteiger partial charge in [-0.25, -0.2) is 0 Å². The number of rotatable bonds is 6. The second-order valence-corrected chi connectivity index (χ2v) is 11.3. The fourth-order valence-corrected chi connectivity index (χ4v) is 6.28. The maximum absolute atomic E-state index is 14.8. The van der Waals surface area contributed by atoms with Gasteiger partial charge in [-0.1, -0.05) is 0 Å². The lowest BCUT2D eigenvalue weighted by Gasteiger charge is -2.25. The molecule has 1 N–H and O–H groups in total. The summed E-state index contributed by atoms with van der Waals surface area (Å²) in [6, 6.07) is 7.78. The van der Waals surface area contributed by atoms with Crippen LogP contribution >= 0.6 is 22.6 Å². The van der Waals surface area contributed by atoms with Crippen LogP contribution in [0, 0.1) is 7.14 Å². The highest BCUT2D eigenvalue weighted by atomic mass is 127. The van der Waals surface area contributed by atoms with Gasteiger partial charge in [0.25, 0.3) is 0 Å². The molecule has 0 amide bonds. The molecule has 0 saturated carbocycles. The normalized spacial score (nSPS) is 15.1. The van der Waals surface area contributed by atoms with Crippen molar-refractivity contribution in [3.63, 3.8) is 0 Å². The van der Waals surface area contributed by atoms with Crippen molar-refractivity contribution in [1.29, 1.82) is 0 Å². The number of hydrogen-bond donors (Lipinski definition) is 1. The van der Waals surface area contributed by atoms with E-state index in [0.29, 0.717) is 3.57 Å². The number of phenols is 1. The number of phenolic OH excluding ortho intramolecular Hbond substituents is 1. The molecule has 0 aliphatic rings. The van der Waals surface area contributed by atoms with E-state index in [1.165, 1.54) is 12.1 Å². The van der Waals surface area contributed by atoms with Crippen LogP contribution in [-0.2, 0) is 10.1 Å². The molecule has 4 nitrogen and oxygen atoms in total. The molecule has 0 aliphatic heterocycles. The highest BCUT2D eigenvalue weighted by Crippen LogP contribution is 2.43. The zero-order valence-electron chi connectivity index (χ0n) is 13.2. The van der Waals surface area contributed by atoms with E-state index in [2.05, 4.69) is 4.18 Å². The van der Waals surface area contributed by atoms with Gasteiger partial charge < -0.3 is 9.29 Å². The van der Waals surface area contributed by atoms with Gasteiger partial charge in [0, 0.05) is 3.57 Å². The molecule has 0 spiro atoms. The van der Waals surface area contributed by atoms with Crippen molar-refractivity contribution < 1.29 is 65.3 Å². The first-order chi connectivity index (χ1) is 12.7. The van der Waals surface area contributed by atoms with Crippen molar-refractivity contribution in [2.24, 2.45) is 0 Å². The zero-order valence-corrected chi connectivity index (χ0v) is 18.4. The van der Waals surface area contributed by atoms with Crippen LogP contribution in [0.25, 0.3) is 0 Å². The molecule has 154 valence electrons. The molecule has 28 heavy (non-hydrogen) atoms. The molecule has 2 aromatic rings. The summed E-state index contributed by atoms with van der Waals surface area (Å²) in [5.41, 5.74) is 0. The number of aromatic hydroxyl groups is 1. The van der Waals surface area contributed by atoms with E-state index in [1.807, 2.05) is 22.6 Å². The fourth-order valence-electron chi connectivity index (χ4n) is 1.75. The Labute approximate surface area is 179 Å². The van der Waals surface area contributed by atoms with Gasteiger partial charge in [0.1, 0.15) is 11.5 Å². The Morgan fingerprint density at radius 3 is 1.86 bits per heavy atom. The van der Waals surface area contributed by atoms with Gasteiger partial charge in [-0.05, 0) is 71.1 Å². The SMILES string of the molecule is O=S(=O)(Oc1ccc(I)cc1)C(F)(F)C(F)([I+]c1ccc(O)cc1)C(F)(F)F. The van der Waals surface area contributed by atoms with Crippen molar-refractivity contribution in [2.45, 2.75) is 15.1 Å². The second-order valence-electron chi connectivity index (χ2n) is 5.15. The third kappa shape index (κ3) is 4.60. The van der Waals surface area contributed by atoms with Crippen molar-refractivity contribution >= 4 is 32.7 Å². The number of alkyl halides is 7. The maximum atomic E-state index is 14.8. The number of benzene rings is 2. The van der Waals surface area contributed by atoms with Crippen LogP contribution in [0.1, 0.15) is 0 Å². The van der Waals surface area contributed by atoms with Crippen LogP contribution < -0.4 is 25.4 Å². The first-order valence-corrected chi connectivity index (χ1v) is 11.6. The molecule has 0 aromatic heterocycles. The Bertz CT molecular complexity index is 932. The topological polar surface area (TPSA) is 63.6 Å². The summed E-state index contributed by atoms with van der Waals surface area (Å²) in [7, 11) is -6.35. The van der Waals surface area contributed by atoms with E-state index < -0.39 is 55.7 Å². The summed E-state index contributed by atoms with van der Waals surface area (Å²) in [6.07, 6.45) is -6.20. The van der Waals surface area contributed by atoms with E-state index in [0.717, 1.165) is 36.4 Å². The second kappa shape index (κ2) is 8.04. The summed E-state index contributed by atoms with van der Waals surface area (Å²) in [5.74, 6) is -1.07. The standard InChI is InChI=1S/C15H8F6I2O4S/c16-13(14(17,18)19,23-10-3-5-11(24)6-4-10)15(20,21)28(25,26)27-12-7-1-9(22)2-8-12/h1-8H/p+1. The van der Waals surface area contributed by atoms with Crippen LogP contribution in [0.3, 0.4) is 0 Å². The highest BCUT2D eigenvalue weighted by molar-refractivity contribution is 14.1. The summed E-state index contributed by atoms with van der Waals surface area (Å²) in [4.78, 5) is 0. The summed E-state index contributed by atoms with van der Waals surface area (Å²) in [5, 5.41) is 3.20. The minimum atomic E-state index is -6.35. The third-order valence-electron chi connectivity index (χ3n) is 3.12. The predicted molar refractivity (Wildman–Crippen MR) is 90.4 cm³/mol. The average molecular weight is 653 g/mol. The van der Waals surface area contributed by atoms with Crippen LogP contribution in [0.15, 0.2) is 48.5 Å². The Kier molecular flexibility index (Phi) is 6.70. The average Bonchev–Trinajstić information content (AvgIpc) is 2.57. The van der Waals surface area contributed by atoms with Gasteiger partial charge in [0.2, 0.25) is 0 Å². The van der Waals surface area contributed by atoms with Crippen LogP contribution in [0.5, 0.6) is 11.5 Å². The van der Waals surface area contributed by atoms with Gasteiger partial charge in [-0.15, -0.1) is 0 Å². The van der Waals surface area contributed by atoms with Gasteiger partial charge in [-0.3, -0.25) is 0 Å². The Balaban J connectivity index is 2.47. The van der Waals surface area contributed by atoms with Crippen LogP contribution in [-0.4, -0.2) is 28.6 Å². The van der Waals surface area contributed by atoms with Crippen LogP contribution in [0.4, 0.5) is 26.3 Å². The lowest BCUT2D eigenvalue weighted by Crippen LogP contribution is -3.69. The summed E-state index contributed by atoms with van der Waals surface area (Å²) in [6.45, 7) is 0. The van der Waals surface area contributed by atoms with Gasteiger partial charge in [0.15, 0.2) is 3.57 Å². The molecule has 0 saturated heterocycles. The quantitative estimate of drug-likeness (QED) is 0.223. The van der Waals surface area contributed by atoms with E-state index in [4.69, 9.17) is 5.11 Å². The Hall–Kier alpha value is -0.970. The molecule has 0 fully saturated rings. The zero-order chi connectivity index (χ0) is 21.4. The maximum Gasteiger partial charge on any atom is 0.479 e. The van der Waals surface area contributed by atoms with E-state index in [1.54, 1.807) is 0 Å². The third-order valence-corrected chi connectivity index (χ3v) is 8.90. The first kappa shape index (κ1) is 23.3. The number of halogens is 8. The molecule has 0 bridgehead atoms. The van der Waals surface area contributed by atoms with Crippen LogP contribution in [0.2, 0.25) is 0 Å². The molecule has 13 heteroatoms. The van der Waals surface area contributed by atoms with Gasteiger partial charge in [-0.2, -0.15) is 34.8 Å². The molecule has 0 aliphatic carbocycles. The molecular formula is C15H9F6I2O4S+. The lowest BCUT2D eigenvalue weighted by atomic mass is 10.3. The van der Waals surface area contributed by atoms with E-state index >= 15 is 0 Å². The predicted octanol–water partition coefficient (Wildman–Crippen LogP) is 1.49. The largest absolute Gasteiger partial charge is 0.508 e. The Morgan fingerprint density at radius 1 is 0.893 bits per heavy atom.